The number of alkyl halides is 3. The quantitative estimate of drug-likeness (QED) is 0.874. The number of carbonyl (C=O) groups is 1. The molecule has 0 aliphatic heterocycles. The van der Waals surface area contributed by atoms with E-state index in [1.807, 2.05) is 12.2 Å². The summed E-state index contributed by atoms with van der Waals surface area (Å²) in [6.07, 6.45) is -4.40. The van der Waals surface area contributed by atoms with Crippen molar-refractivity contribution in [3.05, 3.63) is 29.3 Å². The van der Waals surface area contributed by atoms with Crippen molar-refractivity contribution in [2.24, 2.45) is 0 Å². The Morgan fingerprint density at radius 3 is 2.56 bits per heavy atom. The molecule has 0 spiro atoms. The van der Waals surface area contributed by atoms with Gasteiger partial charge in [-0.15, -0.1) is 0 Å². The van der Waals surface area contributed by atoms with Gasteiger partial charge in [-0.3, -0.25) is 4.79 Å². The number of halogens is 3. The summed E-state index contributed by atoms with van der Waals surface area (Å²) in [5.41, 5.74) is 1.57. The Labute approximate surface area is 103 Å². The Balaban J connectivity index is 2.86. The van der Waals surface area contributed by atoms with Gasteiger partial charge in [0.2, 0.25) is 0 Å². The van der Waals surface area contributed by atoms with Crippen LogP contribution in [-0.4, -0.2) is 25.2 Å². The number of benzene rings is 1. The van der Waals surface area contributed by atoms with E-state index in [0.717, 1.165) is 5.56 Å². The molecule has 100 valence electrons. The molecule has 1 aromatic rings. The first-order valence-corrected chi connectivity index (χ1v) is 5.53. The lowest BCUT2D eigenvalue weighted by atomic mass is 10.1. The smallest absolute Gasteiger partial charge is 0.385 e. The average molecular weight is 260 g/mol. The molecule has 1 amide bonds. The number of carbonyl (C=O) groups excluding carboxylic acids is 1. The van der Waals surface area contributed by atoms with Gasteiger partial charge in [0.15, 0.2) is 0 Å². The van der Waals surface area contributed by atoms with Gasteiger partial charge in [0, 0.05) is 12.2 Å². The van der Waals surface area contributed by atoms with Gasteiger partial charge < -0.3 is 10.6 Å². The van der Waals surface area contributed by atoms with Crippen LogP contribution in [0.25, 0.3) is 0 Å². The topological polar surface area (TPSA) is 41.1 Å². The van der Waals surface area contributed by atoms with Crippen molar-refractivity contribution in [3.63, 3.8) is 0 Å². The van der Waals surface area contributed by atoms with Crippen LogP contribution in [0.15, 0.2) is 18.2 Å². The first kappa shape index (κ1) is 14.3. The zero-order valence-corrected chi connectivity index (χ0v) is 10.2. The molecule has 0 fully saturated rings. The minimum Gasteiger partial charge on any atom is -0.385 e. The number of amides is 1. The molecule has 0 heterocycles. The molecule has 6 heteroatoms. The summed E-state index contributed by atoms with van der Waals surface area (Å²) < 4.78 is 36.1. The molecule has 1 aromatic carbocycles. The molecular formula is C12H15F3N2O. The molecule has 0 saturated carbocycles. The second kappa shape index (κ2) is 5.75. The Bertz CT molecular complexity index is 430. The van der Waals surface area contributed by atoms with E-state index in [1.165, 1.54) is 0 Å². The van der Waals surface area contributed by atoms with Crippen LogP contribution < -0.4 is 10.6 Å². The molecule has 0 atom stereocenters. The average Bonchev–Trinajstić information content (AvgIpc) is 2.27. The van der Waals surface area contributed by atoms with E-state index in [1.54, 1.807) is 25.1 Å². The zero-order chi connectivity index (χ0) is 13.8. The maximum atomic E-state index is 12.0. The molecule has 0 aliphatic carbocycles. The highest BCUT2D eigenvalue weighted by Gasteiger charge is 2.28. The molecule has 0 bridgehead atoms. The largest absolute Gasteiger partial charge is 0.405 e. The third kappa shape index (κ3) is 4.27. The van der Waals surface area contributed by atoms with Gasteiger partial charge in [-0.25, -0.2) is 0 Å². The maximum absolute atomic E-state index is 12.0. The molecule has 18 heavy (non-hydrogen) atoms. The van der Waals surface area contributed by atoms with Gasteiger partial charge in [0.25, 0.3) is 5.91 Å². The van der Waals surface area contributed by atoms with Gasteiger partial charge in [-0.05, 0) is 26.0 Å². The monoisotopic (exact) mass is 260 g/mol. The SMILES string of the molecule is CCNc1ccc(C)cc1C(=O)NCC(F)(F)F. The minimum absolute atomic E-state index is 0.223. The van der Waals surface area contributed by atoms with Crippen LogP contribution in [0.5, 0.6) is 0 Å². The molecule has 2 N–H and O–H groups in total. The van der Waals surface area contributed by atoms with Crippen molar-refractivity contribution in [2.45, 2.75) is 20.0 Å². The van der Waals surface area contributed by atoms with Gasteiger partial charge in [0.1, 0.15) is 6.54 Å². The van der Waals surface area contributed by atoms with Crippen LogP contribution in [0.4, 0.5) is 18.9 Å². The fraction of sp³-hybridized carbons (Fsp3) is 0.417. The van der Waals surface area contributed by atoms with Crippen molar-refractivity contribution in [1.29, 1.82) is 0 Å². The second-order valence-corrected chi connectivity index (χ2v) is 3.88. The minimum atomic E-state index is -4.40. The first-order chi connectivity index (χ1) is 8.33. The molecule has 1 rings (SSSR count). The maximum Gasteiger partial charge on any atom is 0.405 e. The number of hydrogen-bond acceptors (Lipinski definition) is 2. The molecule has 0 saturated heterocycles. The molecule has 3 nitrogen and oxygen atoms in total. The van der Waals surface area contributed by atoms with Crippen molar-refractivity contribution < 1.29 is 18.0 Å². The summed E-state index contributed by atoms with van der Waals surface area (Å²) in [7, 11) is 0. The zero-order valence-electron chi connectivity index (χ0n) is 10.2. The number of aryl methyl sites for hydroxylation is 1. The van der Waals surface area contributed by atoms with Crippen molar-refractivity contribution in [3.8, 4) is 0 Å². The van der Waals surface area contributed by atoms with Gasteiger partial charge in [0.05, 0.1) is 5.56 Å². The fourth-order valence-electron chi connectivity index (χ4n) is 1.47. The number of nitrogens with one attached hydrogen (secondary N) is 2. The van der Waals surface area contributed by atoms with Crippen LogP contribution in [-0.2, 0) is 0 Å². The van der Waals surface area contributed by atoms with Crippen molar-refractivity contribution >= 4 is 11.6 Å². The van der Waals surface area contributed by atoms with Gasteiger partial charge >= 0.3 is 6.18 Å². The number of rotatable bonds is 4. The van der Waals surface area contributed by atoms with Crippen LogP contribution >= 0.6 is 0 Å². The van der Waals surface area contributed by atoms with Crippen LogP contribution in [0.1, 0.15) is 22.8 Å². The fourth-order valence-corrected chi connectivity index (χ4v) is 1.47. The third-order valence-electron chi connectivity index (χ3n) is 2.24. The first-order valence-electron chi connectivity index (χ1n) is 5.53. The number of hydrogen-bond donors (Lipinski definition) is 2. The van der Waals surface area contributed by atoms with Crippen molar-refractivity contribution in [2.75, 3.05) is 18.4 Å². The summed E-state index contributed by atoms with van der Waals surface area (Å²) >= 11 is 0. The van der Waals surface area contributed by atoms with E-state index in [4.69, 9.17) is 0 Å². The van der Waals surface area contributed by atoms with Gasteiger partial charge in [-0.1, -0.05) is 11.6 Å². The summed E-state index contributed by atoms with van der Waals surface area (Å²) in [5, 5.41) is 4.80. The standard InChI is InChI=1S/C12H15F3N2O/c1-3-16-10-5-4-8(2)6-9(10)11(18)17-7-12(13,14)15/h4-6,16H,3,7H2,1-2H3,(H,17,18). The Morgan fingerprint density at radius 2 is 2.00 bits per heavy atom. The van der Waals surface area contributed by atoms with E-state index >= 15 is 0 Å². The summed E-state index contributed by atoms with van der Waals surface area (Å²) in [6.45, 7) is 2.88. The molecule has 0 aliphatic rings. The van der Waals surface area contributed by atoms with Gasteiger partial charge in [-0.2, -0.15) is 13.2 Å². The van der Waals surface area contributed by atoms with E-state index in [0.29, 0.717) is 12.2 Å². The summed E-state index contributed by atoms with van der Waals surface area (Å²) in [6, 6.07) is 5.03. The summed E-state index contributed by atoms with van der Waals surface area (Å²) in [4.78, 5) is 11.7. The predicted molar refractivity (Wildman–Crippen MR) is 63.7 cm³/mol. The molecule has 0 radical (unpaired) electrons. The van der Waals surface area contributed by atoms with E-state index in [2.05, 4.69) is 5.32 Å². The predicted octanol–water partition coefficient (Wildman–Crippen LogP) is 2.72. The molecule has 0 aromatic heterocycles. The Kier molecular flexibility index (Phi) is 4.58. The highest BCUT2D eigenvalue weighted by Crippen LogP contribution is 2.18. The summed E-state index contributed by atoms with van der Waals surface area (Å²) in [5.74, 6) is -0.730. The van der Waals surface area contributed by atoms with E-state index in [-0.39, 0.29) is 5.56 Å². The molecular weight excluding hydrogens is 245 g/mol. The van der Waals surface area contributed by atoms with E-state index < -0.39 is 18.6 Å². The number of anilines is 1. The van der Waals surface area contributed by atoms with Crippen molar-refractivity contribution in [1.82, 2.24) is 5.32 Å². The van der Waals surface area contributed by atoms with Crippen LogP contribution in [0, 0.1) is 6.92 Å². The lowest BCUT2D eigenvalue weighted by Crippen LogP contribution is -2.34. The van der Waals surface area contributed by atoms with E-state index in [9.17, 15) is 18.0 Å². The normalized spacial score (nSPS) is 11.2. The second-order valence-electron chi connectivity index (χ2n) is 3.88. The lowest BCUT2D eigenvalue weighted by Gasteiger charge is -2.13. The highest BCUT2D eigenvalue weighted by atomic mass is 19.4. The van der Waals surface area contributed by atoms with Crippen LogP contribution in [0.2, 0.25) is 0 Å². The van der Waals surface area contributed by atoms with Crippen LogP contribution in [0.3, 0.4) is 0 Å². The lowest BCUT2D eigenvalue weighted by molar-refractivity contribution is -0.123. The Morgan fingerprint density at radius 1 is 1.33 bits per heavy atom. The third-order valence-corrected chi connectivity index (χ3v) is 2.24. The Hall–Kier alpha value is -1.72. The molecule has 0 unspecified atom stereocenters. The highest BCUT2D eigenvalue weighted by molar-refractivity contribution is 5.99.